The van der Waals surface area contributed by atoms with Crippen molar-refractivity contribution in [3.63, 3.8) is 0 Å². The molecule has 1 fully saturated rings. The van der Waals surface area contributed by atoms with Crippen molar-refractivity contribution in [2.45, 2.75) is 13.0 Å². The van der Waals surface area contributed by atoms with Gasteiger partial charge in [0.25, 0.3) is 0 Å². The number of benzene rings is 1. The van der Waals surface area contributed by atoms with Crippen LogP contribution >= 0.6 is 11.3 Å². The average molecular weight is 516 g/mol. The Hall–Kier alpha value is -3.42. The number of morpholine rings is 1. The summed E-state index contributed by atoms with van der Waals surface area (Å²) in [4.78, 5) is 27.9. The third kappa shape index (κ3) is 5.22. The molecule has 0 atom stereocenters. The van der Waals surface area contributed by atoms with Crippen molar-refractivity contribution in [2.75, 3.05) is 70.8 Å². The minimum Gasteiger partial charge on any atom is -0.491 e. The van der Waals surface area contributed by atoms with E-state index in [1.807, 2.05) is 16.7 Å². The molecule has 2 aliphatic heterocycles. The largest absolute Gasteiger partial charge is 0.491 e. The quantitative estimate of drug-likeness (QED) is 0.431. The highest BCUT2D eigenvalue weighted by molar-refractivity contribution is 7.13. The molecule has 0 radical (unpaired) electrons. The molecule has 5 rings (SSSR count). The summed E-state index contributed by atoms with van der Waals surface area (Å²) in [6.45, 7) is 6.27. The fraction of sp³-hybridized carbons (Fsp3) is 0.478. The first-order valence-electron chi connectivity index (χ1n) is 11.8. The number of amides is 1. The lowest BCUT2D eigenvalue weighted by atomic mass is 10.2. The van der Waals surface area contributed by atoms with Gasteiger partial charge < -0.3 is 29.6 Å². The molecule has 2 aliphatic rings. The Morgan fingerprint density at radius 2 is 2.14 bits per heavy atom. The van der Waals surface area contributed by atoms with E-state index >= 15 is 0 Å². The van der Waals surface area contributed by atoms with Gasteiger partial charge in [-0.25, -0.2) is 9.78 Å². The first-order chi connectivity index (χ1) is 17.7. The summed E-state index contributed by atoms with van der Waals surface area (Å²) in [5.41, 5.74) is 0.779. The number of nitrogens with zero attached hydrogens (tertiary/aromatic N) is 5. The number of ether oxygens (including phenoxy) is 4. The summed E-state index contributed by atoms with van der Waals surface area (Å²) in [6.07, 6.45) is 0.0834. The lowest BCUT2D eigenvalue weighted by molar-refractivity contribution is 0.0357. The minimum absolute atomic E-state index is 0.184. The van der Waals surface area contributed by atoms with E-state index in [1.165, 1.54) is 11.3 Å². The summed E-state index contributed by atoms with van der Waals surface area (Å²) in [7, 11) is 3.33. The standard InChI is InChI=1S/C23H29N7O5S/c1-24-22-26-17(14-36-22)35-23(31)28-21-27-18-15(20-25-6-8-30(20)21)4-5-16(19(18)32-2)34-11-3-7-29-9-12-33-13-10-29/h4-5,14,25H,3,6-13H2,1-2H3,(H,24,26). The summed E-state index contributed by atoms with van der Waals surface area (Å²) >= 11 is 1.33. The van der Waals surface area contributed by atoms with E-state index in [0.717, 1.165) is 50.5 Å². The topological polar surface area (TPSA) is 124 Å². The van der Waals surface area contributed by atoms with E-state index < -0.39 is 6.09 Å². The second kappa shape index (κ2) is 11.1. The molecule has 0 bridgehead atoms. The minimum atomic E-state index is -0.800. The van der Waals surface area contributed by atoms with Gasteiger partial charge in [0.1, 0.15) is 11.3 Å². The smallest absolute Gasteiger partial charge is 0.443 e. The maximum absolute atomic E-state index is 12.6. The molecule has 1 aromatic carbocycles. The van der Waals surface area contributed by atoms with Crippen LogP contribution in [0.5, 0.6) is 17.4 Å². The molecule has 0 saturated carbocycles. The van der Waals surface area contributed by atoms with Crippen LogP contribution in [0, 0.1) is 0 Å². The van der Waals surface area contributed by atoms with Crippen LogP contribution < -0.4 is 30.5 Å². The molecule has 2 N–H and O–H groups in total. The highest BCUT2D eigenvalue weighted by Crippen LogP contribution is 2.37. The third-order valence-corrected chi connectivity index (χ3v) is 6.80. The van der Waals surface area contributed by atoms with Crippen LogP contribution in [0.4, 0.5) is 15.7 Å². The SMILES string of the molecule is CNc1nc(OC(=O)N=c2nc3c(OC)c(OCCCN4CCOCC4)ccc3c3n2CCN3)cs1. The summed E-state index contributed by atoms with van der Waals surface area (Å²) < 4.78 is 24.3. The molecule has 1 saturated heterocycles. The van der Waals surface area contributed by atoms with Crippen LogP contribution in [-0.2, 0) is 11.3 Å². The molecule has 2 aromatic heterocycles. The normalized spacial score (nSPS) is 16.0. The van der Waals surface area contributed by atoms with Gasteiger partial charge in [0.15, 0.2) is 16.6 Å². The fourth-order valence-electron chi connectivity index (χ4n) is 4.26. The number of nitrogens with one attached hydrogen (secondary N) is 2. The maximum atomic E-state index is 12.6. The predicted molar refractivity (Wildman–Crippen MR) is 135 cm³/mol. The number of fused-ring (bicyclic) bond motifs is 3. The van der Waals surface area contributed by atoms with Crippen LogP contribution in [0.15, 0.2) is 22.5 Å². The van der Waals surface area contributed by atoms with E-state index in [2.05, 4.69) is 30.5 Å². The Labute approximate surface area is 211 Å². The van der Waals surface area contributed by atoms with Crippen LogP contribution in [0.1, 0.15) is 6.42 Å². The molecule has 3 aromatic rings. The van der Waals surface area contributed by atoms with Crippen molar-refractivity contribution >= 4 is 39.3 Å². The lowest BCUT2D eigenvalue weighted by Crippen LogP contribution is -2.37. The molecule has 192 valence electrons. The Bertz CT molecular complexity index is 1300. The molecule has 4 heterocycles. The Kier molecular flexibility index (Phi) is 7.49. The predicted octanol–water partition coefficient (Wildman–Crippen LogP) is 2.17. The van der Waals surface area contributed by atoms with Crippen LogP contribution in [-0.4, -0.2) is 85.7 Å². The number of hydrogen-bond acceptors (Lipinski definition) is 11. The Balaban J connectivity index is 1.39. The number of rotatable bonds is 8. The van der Waals surface area contributed by atoms with Gasteiger partial charge in [-0.3, -0.25) is 9.47 Å². The van der Waals surface area contributed by atoms with Gasteiger partial charge in [-0.2, -0.15) is 4.98 Å². The molecule has 12 nitrogen and oxygen atoms in total. The van der Waals surface area contributed by atoms with E-state index in [0.29, 0.717) is 41.8 Å². The van der Waals surface area contributed by atoms with Gasteiger partial charge in [0, 0.05) is 45.2 Å². The molecule has 1 amide bonds. The van der Waals surface area contributed by atoms with Crippen molar-refractivity contribution in [2.24, 2.45) is 4.99 Å². The van der Waals surface area contributed by atoms with Gasteiger partial charge in [-0.15, -0.1) is 16.3 Å². The third-order valence-electron chi connectivity index (χ3n) is 5.97. The second-order valence-electron chi connectivity index (χ2n) is 8.21. The lowest BCUT2D eigenvalue weighted by Gasteiger charge is -2.26. The summed E-state index contributed by atoms with van der Waals surface area (Å²) in [5.74, 6) is 2.09. The zero-order chi connectivity index (χ0) is 24.9. The molecule has 0 aliphatic carbocycles. The number of hydrogen-bond donors (Lipinski definition) is 2. The highest BCUT2D eigenvalue weighted by atomic mass is 32.1. The summed E-state index contributed by atoms with van der Waals surface area (Å²) in [5, 5.41) is 9.40. The number of carbonyl (C=O) groups is 1. The van der Waals surface area contributed by atoms with Crippen LogP contribution in [0.25, 0.3) is 10.9 Å². The van der Waals surface area contributed by atoms with Gasteiger partial charge in [0.2, 0.25) is 11.5 Å². The number of methoxy groups -OCH3 is 1. The van der Waals surface area contributed by atoms with Crippen molar-refractivity contribution in [3.05, 3.63) is 23.1 Å². The first-order valence-corrected chi connectivity index (χ1v) is 12.7. The number of thiazole rings is 1. The molecule has 13 heteroatoms. The summed E-state index contributed by atoms with van der Waals surface area (Å²) in [6, 6.07) is 3.84. The average Bonchev–Trinajstić information content (AvgIpc) is 3.57. The van der Waals surface area contributed by atoms with Crippen molar-refractivity contribution < 1.29 is 23.7 Å². The number of carbonyl (C=O) groups excluding carboxylic acids is 1. The fourth-order valence-corrected chi connectivity index (χ4v) is 4.83. The van der Waals surface area contributed by atoms with Crippen LogP contribution in [0.3, 0.4) is 0 Å². The molecule has 0 unspecified atom stereocenters. The number of aromatic nitrogens is 3. The van der Waals surface area contributed by atoms with Crippen molar-refractivity contribution in [1.82, 2.24) is 19.4 Å². The molecule has 36 heavy (non-hydrogen) atoms. The zero-order valence-corrected chi connectivity index (χ0v) is 21.1. The van der Waals surface area contributed by atoms with Gasteiger partial charge in [-0.05, 0) is 18.6 Å². The molecular formula is C23H29N7O5S. The van der Waals surface area contributed by atoms with Crippen molar-refractivity contribution in [1.29, 1.82) is 0 Å². The zero-order valence-electron chi connectivity index (χ0n) is 20.3. The van der Waals surface area contributed by atoms with E-state index in [1.54, 1.807) is 19.5 Å². The Morgan fingerprint density at radius 3 is 2.92 bits per heavy atom. The monoisotopic (exact) mass is 515 g/mol. The van der Waals surface area contributed by atoms with Crippen LogP contribution in [0.2, 0.25) is 0 Å². The highest BCUT2D eigenvalue weighted by Gasteiger charge is 2.21. The van der Waals surface area contributed by atoms with E-state index in [9.17, 15) is 4.79 Å². The number of anilines is 2. The van der Waals surface area contributed by atoms with Gasteiger partial charge >= 0.3 is 6.09 Å². The Morgan fingerprint density at radius 1 is 1.28 bits per heavy atom. The van der Waals surface area contributed by atoms with E-state index in [4.69, 9.17) is 18.9 Å². The van der Waals surface area contributed by atoms with Gasteiger partial charge in [-0.1, -0.05) is 0 Å². The van der Waals surface area contributed by atoms with Crippen molar-refractivity contribution in [3.8, 4) is 17.4 Å². The van der Waals surface area contributed by atoms with E-state index in [-0.39, 0.29) is 11.5 Å². The molecular weight excluding hydrogens is 486 g/mol. The second-order valence-corrected chi connectivity index (χ2v) is 9.07. The molecule has 0 spiro atoms. The van der Waals surface area contributed by atoms with Gasteiger partial charge in [0.05, 0.1) is 32.3 Å². The maximum Gasteiger partial charge on any atom is 0.443 e. The first kappa shape index (κ1) is 24.3.